The first-order valence-corrected chi connectivity index (χ1v) is 16.7. The molecule has 0 aliphatic carbocycles. The molecular weight excluding hydrogens is 528 g/mol. The third-order valence-corrected chi connectivity index (χ3v) is 8.63. The number of thioether (sulfide) groups is 1. The van der Waals surface area contributed by atoms with Gasteiger partial charge in [0.25, 0.3) is 0 Å². The van der Waals surface area contributed by atoms with Crippen LogP contribution in [-0.4, -0.2) is 29.1 Å². The number of unbranched alkanes of at least 4 members (excludes halogenated alkanes) is 11. The zero-order valence-corrected chi connectivity index (χ0v) is 26.3. The van der Waals surface area contributed by atoms with Crippen molar-refractivity contribution < 1.29 is 14.3 Å². The van der Waals surface area contributed by atoms with Crippen LogP contribution in [0.25, 0.3) is 0 Å². The molecule has 1 amide bonds. The summed E-state index contributed by atoms with van der Waals surface area (Å²) in [6, 6.07) is 13.5. The van der Waals surface area contributed by atoms with Gasteiger partial charge < -0.3 is 15.0 Å². The number of rotatable bonds is 20. The molecule has 0 fully saturated rings. The lowest BCUT2D eigenvalue weighted by atomic mass is 10.0. The number of nitrogens with zero attached hydrogens (tertiary/aromatic N) is 1. The maximum atomic E-state index is 12.9. The van der Waals surface area contributed by atoms with Gasteiger partial charge in [0.05, 0.1) is 24.5 Å². The highest BCUT2D eigenvalue weighted by atomic mass is 32.2. The van der Waals surface area contributed by atoms with Gasteiger partial charge in [0.2, 0.25) is 5.91 Å². The number of amides is 1. The number of ketones is 1. The van der Waals surface area contributed by atoms with Crippen LogP contribution < -0.4 is 10.1 Å². The average Bonchev–Trinajstić information content (AvgIpc) is 3.36. The Morgan fingerprint density at radius 3 is 2.10 bits per heavy atom. The van der Waals surface area contributed by atoms with Crippen molar-refractivity contribution in [1.82, 2.24) is 4.90 Å². The number of nitrogens with one attached hydrogen (secondary N) is 1. The Bertz CT molecular complexity index is 1110. The number of benzene rings is 2. The summed E-state index contributed by atoms with van der Waals surface area (Å²) >= 11 is 1.81. The first-order chi connectivity index (χ1) is 20.0. The van der Waals surface area contributed by atoms with Crippen LogP contribution in [0, 0.1) is 0 Å². The molecule has 6 heteroatoms. The maximum Gasteiger partial charge on any atom is 0.228 e. The number of carbonyl (C=O) groups is 2. The highest BCUT2D eigenvalue weighted by molar-refractivity contribution is 8.02. The number of anilines is 1. The molecular formula is C35H50N2O3S. The van der Waals surface area contributed by atoms with Crippen LogP contribution in [0.3, 0.4) is 0 Å². The smallest absolute Gasteiger partial charge is 0.228 e. The first-order valence-electron chi connectivity index (χ1n) is 15.7. The number of hydrogen-bond donors (Lipinski definition) is 1. The van der Waals surface area contributed by atoms with Crippen molar-refractivity contribution >= 4 is 29.1 Å². The van der Waals surface area contributed by atoms with E-state index in [1.54, 1.807) is 13.0 Å². The monoisotopic (exact) mass is 578 g/mol. The molecule has 1 aliphatic heterocycles. The Balaban J connectivity index is 1.41. The second-order valence-electron chi connectivity index (χ2n) is 11.3. The van der Waals surface area contributed by atoms with E-state index < -0.39 is 0 Å². The van der Waals surface area contributed by atoms with Crippen molar-refractivity contribution in [3.63, 3.8) is 0 Å². The van der Waals surface area contributed by atoms with Gasteiger partial charge in [-0.2, -0.15) is 0 Å². The Labute approximate surface area is 252 Å². The fourth-order valence-electron chi connectivity index (χ4n) is 5.18. The molecule has 5 nitrogen and oxygen atoms in total. The Hall–Kier alpha value is -2.73. The molecule has 0 unspecified atom stereocenters. The summed E-state index contributed by atoms with van der Waals surface area (Å²) < 4.78 is 6.15. The Morgan fingerprint density at radius 2 is 1.51 bits per heavy atom. The minimum atomic E-state index is -0.122. The van der Waals surface area contributed by atoms with E-state index >= 15 is 0 Å². The molecule has 3 rings (SSSR count). The Kier molecular flexibility index (Phi) is 14.9. The van der Waals surface area contributed by atoms with Crippen molar-refractivity contribution in [1.29, 1.82) is 0 Å². The van der Waals surface area contributed by atoms with Crippen molar-refractivity contribution in [2.24, 2.45) is 0 Å². The molecule has 2 aromatic carbocycles. The Morgan fingerprint density at radius 1 is 0.878 bits per heavy atom. The van der Waals surface area contributed by atoms with Crippen LogP contribution in [0.4, 0.5) is 5.69 Å². The third kappa shape index (κ3) is 12.0. The summed E-state index contributed by atoms with van der Waals surface area (Å²) in [5.41, 5.74) is 4.56. The molecule has 0 aromatic heterocycles. The largest absolute Gasteiger partial charge is 0.493 e. The van der Waals surface area contributed by atoms with Crippen molar-refractivity contribution in [2.75, 3.05) is 17.8 Å². The van der Waals surface area contributed by atoms with Crippen molar-refractivity contribution in [2.45, 2.75) is 111 Å². The quantitative estimate of drug-likeness (QED) is 0.125. The molecule has 0 saturated carbocycles. The molecule has 1 aliphatic rings. The van der Waals surface area contributed by atoms with Gasteiger partial charge in [-0.3, -0.25) is 9.59 Å². The first kappa shape index (κ1) is 32.8. The van der Waals surface area contributed by atoms with E-state index in [9.17, 15) is 9.59 Å². The van der Waals surface area contributed by atoms with Gasteiger partial charge >= 0.3 is 0 Å². The van der Waals surface area contributed by atoms with E-state index in [1.807, 2.05) is 36.0 Å². The minimum absolute atomic E-state index is 0.0472. The zero-order chi connectivity index (χ0) is 29.3. The summed E-state index contributed by atoms with van der Waals surface area (Å²) in [5.74, 6) is 1.37. The summed E-state index contributed by atoms with van der Waals surface area (Å²) in [6.07, 6.45) is 15.6. The van der Waals surface area contributed by atoms with E-state index in [0.29, 0.717) is 17.9 Å². The number of Topliss-reactive ketones (excluding diaryl/α,β-unsaturated/α-hetero) is 1. The fourth-order valence-corrected chi connectivity index (χ4v) is 6.12. The van der Waals surface area contributed by atoms with Crippen molar-refractivity contribution in [3.05, 3.63) is 70.3 Å². The molecule has 0 radical (unpaired) electrons. The standard InChI is InChI=1S/C35H50N2O3S/c1-4-5-6-7-8-9-10-11-12-13-14-15-23-40-35-31(17-16-18-33(35)29(3)38)24-34(39)36-32-21-19-30(20-22-32)25-37-27-41-26-28(37)2/h16-22,26H,4-15,23-25,27H2,1-3H3,(H,36,39). The second kappa shape index (κ2) is 18.7. The van der Waals surface area contributed by atoms with E-state index in [1.165, 1.54) is 75.5 Å². The van der Waals surface area contributed by atoms with Gasteiger partial charge in [0.15, 0.2) is 5.78 Å². The van der Waals surface area contributed by atoms with E-state index in [-0.39, 0.29) is 18.1 Å². The number of allylic oxidation sites excluding steroid dienone is 1. The lowest BCUT2D eigenvalue weighted by Gasteiger charge is -2.19. The molecule has 41 heavy (non-hydrogen) atoms. The van der Waals surface area contributed by atoms with Crippen LogP contribution in [-0.2, 0) is 17.8 Å². The second-order valence-corrected chi connectivity index (χ2v) is 12.1. The number of hydrogen-bond acceptors (Lipinski definition) is 5. The van der Waals surface area contributed by atoms with Crippen LogP contribution in [0.5, 0.6) is 5.75 Å². The molecule has 0 spiro atoms. The van der Waals surface area contributed by atoms with Gasteiger partial charge in [-0.25, -0.2) is 0 Å². The van der Waals surface area contributed by atoms with Gasteiger partial charge in [-0.15, -0.1) is 11.8 Å². The van der Waals surface area contributed by atoms with Gasteiger partial charge in [0.1, 0.15) is 5.75 Å². The van der Waals surface area contributed by atoms with Crippen LogP contribution in [0.15, 0.2) is 53.6 Å². The minimum Gasteiger partial charge on any atom is -0.493 e. The summed E-state index contributed by atoms with van der Waals surface area (Å²) in [5, 5.41) is 5.19. The molecule has 1 N–H and O–H groups in total. The molecule has 0 saturated heterocycles. The molecule has 0 bridgehead atoms. The summed E-state index contributed by atoms with van der Waals surface area (Å²) in [4.78, 5) is 27.6. The van der Waals surface area contributed by atoms with E-state index in [0.717, 1.165) is 36.5 Å². The van der Waals surface area contributed by atoms with E-state index in [4.69, 9.17) is 4.74 Å². The lowest BCUT2D eigenvalue weighted by molar-refractivity contribution is -0.115. The average molecular weight is 579 g/mol. The van der Waals surface area contributed by atoms with Gasteiger partial charge in [-0.05, 0) is 49.4 Å². The van der Waals surface area contributed by atoms with Gasteiger partial charge in [0, 0.05) is 23.5 Å². The number of para-hydroxylation sites is 1. The zero-order valence-electron chi connectivity index (χ0n) is 25.5. The normalized spacial score (nSPS) is 12.9. The lowest BCUT2D eigenvalue weighted by Crippen LogP contribution is -2.17. The highest BCUT2D eigenvalue weighted by Crippen LogP contribution is 2.27. The number of ether oxygens (including phenoxy) is 1. The predicted octanol–water partition coefficient (Wildman–Crippen LogP) is 9.52. The van der Waals surface area contributed by atoms with Crippen molar-refractivity contribution in [3.8, 4) is 5.75 Å². The number of carbonyl (C=O) groups excluding carboxylic acids is 2. The topological polar surface area (TPSA) is 58.6 Å². The highest BCUT2D eigenvalue weighted by Gasteiger charge is 2.17. The van der Waals surface area contributed by atoms with E-state index in [2.05, 4.69) is 41.6 Å². The molecule has 0 atom stereocenters. The SMILES string of the molecule is CCCCCCCCCCCCCCOc1c(CC(=O)Nc2ccc(CN3CSC=C3C)cc2)cccc1C(C)=O. The molecule has 224 valence electrons. The third-order valence-electron chi connectivity index (χ3n) is 7.67. The fraction of sp³-hybridized carbons (Fsp3) is 0.543. The van der Waals surface area contributed by atoms with Gasteiger partial charge in [-0.1, -0.05) is 102 Å². The maximum absolute atomic E-state index is 12.9. The van der Waals surface area contributed by atoms with Crippen LogP contribution >= 0.6 is 11.8 Å². The molecule has 1 heterocycles. The van der Waals surface area contributed by atoms with Crippen LogP contribution in [0.2, 0.25) is 0 Å². The predicted molar refractivity (Wildman–Crippen MR) is 174 cm³/mol. The molecule has 2 aromatic rings. The summed E-state index contributed by atoms with van der Waals surface area (Å²) in [7, 11) is 0. The summed E-state index contributed by atoms with van der Waals surface area (Å²) in [6.45, 7) is 7.37. The van der Waals surface area contributed by atoms with Crippen LogP contribution in [0.1, 0.15) is 119 Å².